The summed E-state index contributed by atoms with van der Waals surface area (Å²) in [4.78, 5) is 14.4. The number of nitrogens with zero attached hydrogens (tertiary/aromatic N) is 2. The second kappa shape index (κ2) is 6.25. The molecule has 8 atom stereocenters. The lowest BCUT2D eigenvalue weighted by Gasteiger charge is -2.62. The topological polar surface area (TPSA) is 44.1 Å². The van der Waals surface area contributed by atoms with Crippen LogP contribution in [0.15, 0.2) is 0 Å². The molecule has 4 rings (SSSR count). The van der Waals surface area contributed by atoms with Crippen molar-refractivity contribution < 1.29 is 4.79 Å². The van der Waals surface area contributed by atoms with Crippen LogP contribution in [0.5, 0.6) is 0 Å². The monoisotopic (exact) mass is 356 g/mol. The first kappa shape index (κ1) is 18.3. The number of hydrogen-bond acceptors (Lipinski definition) is 2. The first-order valence-corrected chi connectivity index (χ1v) is 11.0. The maximum atomic E-state index is 12.3. The molecule has 0 aromatic carbocycles. The Kier molecular flexibility index (Phi) is 4.41. The van der Waals surface area contributed by atoms with Gasteiger partial charge in [0.1, 0.15) is 0 Å². The van der Waals surface area contributed by atoms with Gasteiger partial charge in [0.2, 0.25) is 5.91 Å². The van der Waals surface area contributed by atoms with E-state index in [9.17, 15) is 10.1 Å². The minimum atomic E-state index is 0.323. The Morgan fingerprint density at radius 1 is 1.12 bits per heavy atom. The van der Waals surface area contributed by atoms with Crippen LogP contribution in [-0.4, -0.2) is 23.9 Å². The highest BCUT2D eigenvalue weighted by Gasteiger charge is 2.61. The average Bonchev–Trinajstić information content (AvgIpc) is 2.96. The van der Waals surface area contributed by atoms with Crippen LogP contribution >= 0.6 is 0 Å². The van der Waals surface area contributed by atoms with E-state index in [-0.39, 0.29) is 0 Å². The number of piperidine rings is 1. The molecule has 7 unspecified atom stereocenters. The van der Waals surface area contributed by atoms with E-state index in [2.05, 4.69) is 31.7 Å². The summed E-state index contributed by atoms with van der Waals surface area (Å²) in [5.41, 5.74) is 0.764. The second-order valence-electron chi connectivity index (χ2n) is 10.5. The normalized spacial score (nSPS) is 49.0. The molecule has 1 aliphatic heterocycles. The SMILES string of the molecule is C[C@H](CC#N)C1CCC2C3CCC4N(C)C(=O)CCC4(C)C3CCC21C. The molecule has 0 bridgehead atoms. The van der Waals surface area contributed by atoms with Crippen molar-refractivity contribution in [1.29, 1.82) is 5.26 Å². The Labute approximate surface area is 159 Å². The number of fused-ring (bicyclic) bond motifs is 5. The van der Waals surface area contributed by atoms with Gasteiger partial charge < -0.3 is 4.90 Å². The first-order valence-electron chi connectivity index (χ1n) is 11.0. The second-order valence-corrected chi connectivity index (χ2v) is 10.5. The summed E-state index contributed by atoms with van der Waals surface area (Å²) >= 11 is 0. The summed E-state index contributed by atoms with van der Waals surface area (Å²) < 4.78 is 0. The van der Waals surface area contributed by atoms with Crippen LogP contribution in [-0.2, 0) is 4.79 Å². The minimum Gasteiger partial charge on any atom is -0.342 e. The molecule has 3 aliphatic carbocycles. The fraction of sp³-hybridized carbons (Fsp3) is 0.913. The van der Waals surface area contributed by atoms with Gasteiger partial charge in [0, 0.05) is 25.9 Å². The molecule has 0 spiro atoms. The van der Waals surface area contributed by atoms with Gasteiger partial charge in [-0.1, -0.05) is 20.8 Å². The minimum absolute atomic E-state index is 0.323. The van der Waals surface area contributed by atoms with Crippen molar-refractivity contribution in [2.75, 3.05) is 7.05 Å². The van der Waals surface area contributed by atoms with Gasteiger partial charge in [-0.05, 0) is 85.4 Å². The molecule has 3 heteroatoms. The average molecular weight is 357 g/mol. The molecule has 3 nitrogen and oxygen atoms in total. The van der Waals surface area contributed by atoms with E-state index >= 15 is 0 Å². The summed E-state index contributed by atoms with van der Waals surface area (Å²) in [6, 6.07) is 2.89. The number of rotatable bonds is 2. The van der Waals surface area contributed by atoms with Crippen molar-refractivity contribution in [3.8, 4) is 6.07 Å². The maximum Gasteiger partial charge on any atom is 0.222 e. The Balaban J connectivity index is 1.59. The molecule has 0 aromatic rings. The number of nitriles is 1. The van der Waals surface area contributed by atoms with Crippen LogP contribution in [0, 0.1) is 51.8 Å². The van der Waals surface area contributed by atoms with Gasteiger partial charge >= 0.3 is 0 Å². The lowest BCUT2D eigenvalue weighted by Crippen LogP contribution is -2.61. The molecule has 1 amide bonds. The molecule has 1 saturated heterocycles. The molecule has 0 N–H and O–H groups in total. The van der Waals surface area contributed by atoms with Crippen molar-refractivity contribution in [2.45, 2.75) is 84.6 Å². The van der Waals surface area contributed by atoms with E-state index in [1.807, 2.05) is 7.05 Å². The molecule has 0 radical (unpaired) electrons. The summed E-state index contributed by atoms with van der Waals surface area (Å²) in [6.07, 6.45) is 10.4. The Morgan fingerprint density at radius 2 is 1.85 bits per heavy atom. The predicted molar refractivity (Wildman–Crippen MR) is 103 cm³/mol. The molecular weight excluding hydrogens is 320 g/mol. The molecule has 26 heavy (non-hydrogen) atoms. The van der Waals surface area contributed by atoms with Crippen molar-refractivity contribution in [3.05, 3.63) is 0 Å². The zero-order valence-electron chi connectivity index (χ0n) is 17.1. The van der Waals surface area contributed by atoms with Crippen LogP contribution in [0.4, 0.5) is 0 Å². The standard InChI is InChI=1S/C23H36N2O/c1-15(11-14-24)17-6-7-18-16-5-8-20-23(3,13-10-21(26)25(20)4)19(16)9-12-22(17,18)2/h15-20H,5-13H2,1-4H3/t15-,16?,17?,18?,19?,20?,22?,23?/m1/s1. The Hall–Kier alpha value is -1.04. The van der Waals surface area contributed by atoms with Crippen LogP contribution in [0.1, 0.15) is 78.6 Å². The van der Waals surface area contributed by atoms with E-state index < -0.39 is 0 Å². The number of carbonyl (C=O) groups excluding carboxylic acids is 1. The van der Waals surface area contributed by atoms with Crippen molar-refractivity contribution in [2.24, 2.45) is 40.4 Å². The molecular formula is C23H36N2O. The number of hydrogen-bond donors (Lipinski definition) is 0. The lowest BCUT2D eigenvalue weighted by molar-refractivity contribution is -0.158. The summed E-state index contributed by atoms with van der Waals surface area (Å²) in [5, 5.41) is 9.19. The van der Waals surface area contributed by atoms with Crippen LogP contribution in [0.3, 0.4) is 0 Å². The van der Waals surface area contributed by atoms with E-state index in [1.54, 1.807) is 0 Å². The third-order valence-electron chi connectivity index (χ3n) is 9.73. The zero-order chi connectivity index (χ0) is 18.7. The van der Waals surface area contributed by atoms with Gasteiger partial charge in [0.15, 0.2) is 0 Å². The van der Waals surface area contributed by atoms with Crippen molar-refractivity contribution >= 4 is 5.91 Å². The van der Waals surface area contributed by atoms with Crippen LogP contribution in [0.2, 0.25) is 0 Å². The van der Waals surface area contributed by atoms with Gasteiger partial charge in [0.05, 0.1) is 6.07 Å². The smallest absolute Gasteiger partial charge is 0.222 e. The zero-order valence-corrected chi connectivity index (χ0v) is 17.1. The first-order chi connectivity index (χ1) is 12.3. The summed E-state index contributed by atoms with van der Waals surface area (Å²) in [6.45, 7) is 7.38. The number of amides is 1. The largest absolute Gasteiger partial charge is 0.342 e. The van der Waals surface area contributed by atoms with Gasteiger partial charge in [-0.15, -0.1) is 0 Å². The lowest BCUT2D eigenvalue weighted by atomic mass is 9.46. The highest BCUT2D eigenvalue weighted by Crippen LogP contribution is 2.67. The fourth-order valence-electron chi connectivity index (χ4n) is 8.41. The van der Waals surface area contributed by atoms with E-state index in [4.69, 9.17) is 0 Å². The van der Waals surface area contributed by atoms with Gasteiger partial charge in [-0.25, -0.2) is 0 Å². The van der Waals surface area contributed by atoms with Crippen molar-refractivity contribution in [3.63, 3.8) is 0 Å². The highest BCUT2D eigenvalue weighted by molar-refractivity contribution is 5.77. The molecule has 0 aromatic heterocycles. The van der Waals surface area contributed by atoms with E-state index in [0.717, 1.165) is 36.5 Å². The Bertz CT molecular complexity index is 624. The predicted octanol–water partition coefficient (Wildman–Crippen LogP) is 5.02. The quantitative estimate of drug-likeness (QED) is 0.697. The molecule has 3 saturated carbocycles. The van der Waals surface area contributed by atoms with Crippen LogP contribution < -0.4 is 0 Å². The summed E-state index contributed by atoms with van der Waals surface area (Å²) in [7, 11) is 2.05. The van der Waals surface area contributed by atoms with Gasteiger partial charge in [-0.3, -0.25) is 4.79 Å². The molecule has 4 fully saturated rings. The molecule has 1 heterocycles. The third-order valence-corrected chi connectivity index (χ3v) is 9.73. The van der Waals surface area contributed by atoms with E-state index in [1.165, 1.54) is 38.5 Å². The van der Waals surface area contributed by atoms with Crippen LogP contribution in [0.25, 0.3) is 0 Å². The Morgan fingerprint density at radius 3 is 2.58 bits per heavy atom. The van der Waals surface area contributed by atoms with Crippen molar-refractivity contribution in [1.82, 2.24) is 4.90 Å². The maximum absolute atomic E-state index is 12.3. The molecule has 4 aliphatic rings. The number of likely N-dealkylation sites (tertiary alicyclic amines) is 1. The molecule has 144 valence electrons. The van der Waals surface area contributed by atoms with E-state index in [0.29, 0.717) is 35.1 Å². The fourth-order valence-corrected chi connectivity index (χ4v) is 8.41. The van der Waals surface area contributed by atoms with Gasteiger partial charge in [0.25, 0.3) is 0 Å². The number of carbonyl (C=O) groups is 1. The highest BCUT2D eigenvalue weighted by atomic mass is 16.2. The summed E-state index contributed by atoms with van der Waals surface area (Å²) in [5.74, 6) is 4.10. The third kappa shape index (κ3) is 2.40. The van der Waals surface area contributed by atoms with Gasteiger partial charge in [-0.2, -0.15) is 5.26 Å².